The van der Waals surface area contributed by atoms with Crippen molar-refractivity contribution in [2.24, 2.45) is 5.73 Å². The Bertz CT molecular complexity index is 1630. The molecule has 186 valence electrons. The van der Waals surface area contributed by atoms with E-state index in [1.54, 1.807) is 0 Å². The summed E-state index contributed by atoms with van der Waals surface area (Å²) in [6, 6.07) is 19.4. The first-order valence-corrected chi connectivity index (χ1v) is 13.0. The topological polar surface area (TPSA) is 74.1 Å². The number of piperidine rings is 1. The van der Waals surface area contributed by atoms with Crippen LogP contribution in [0.2, 0.25) is 0 Å². The van der Waals surface area contributed by atoms with E-state index in [4.69, 9.17) is 15.5 Å². The van der Waals surface area contributed by atoms with E-state index in [0.717, 1.165) is 78.6 Å². The molecular weight excluding hydrogens is 460 g/mol. The van der Waals surface area contributed by atoms with Gasteiger partial charge in [0.05, 0.1) is 17.8 Å². The van der Waals surface area contributed by atoms with Gasteiger partial charge in [0.25, 0.3) is 0 Å². The number of nitrogens with zero attached hydrogens (tertiary/aromatic N) is 5. The number of ether oxygens (including phenoxy) is 1. The first-order valence-electron chi connectivity index (χ1n) is 13.0. The molecule has 37 heavy (non-hydrogen) atoms. The molecule has 5 heterocycles. The van der Waals surface area contributed by atoms with E-state index >= 15 is 0 Å². The van der Waals surface area contributed by atoms with Crippen molar-refractivity contribution in [3.8, 4) is 17.3 Å². The Hall–Kier alpha value is -4.10. The average molecular weight is 491 g/mol. The third-order valence-electron chi connectivity index (χ3n) is 7.68. The lowest BCUT2D eigenvalue weighted by molar-refractivity contribution is 0.286. The molecule has 0 amide bonds. The van der Waals surface area contributed by atoms with Crippen molar-refractivity contribution in [2.45, 2.75) is 32.0 Å². The largest absolute Gasteiger partial charge is 0.489 e. The highest BCUT2D eigenvalue weighted by molar-refractivity contribution is 5.92. The molecule has 7 nitrogen and oxygen atoms in total. The predicted molar refractivity (Wildman–Crippen MR) is 147 cm³/mol. The zero-order valence-corrected chi connectivity index (χ0v) is 20.8. The Morgan fingerprint density at radius 2 is 1.95 bits per heavy atom. The molecule has 0 spiro atoms. The summed E-state index contributed by atoms with van der Waals surface area (Å²) in [4.78, 5) is 11.7. The second kappa shape index (κ2) is 8.78. The van der Waals surface area contributed by atoms with Gasteiger partial charge < -0.3 is 24.5 Å². The van der Waals surface area contributed by atoms with Crippen LogP contribution >= 0.6 is 0 Å². The maximum absolute atomic E-state index is 6.26. The molecule has 7 rings (SSSR count). The zero-order chi connectivity index (χ0) is 24.9. The molecule has 0 saturated carbocycles. The summed E-state index contributed by atoms with van der Waals surface area (Å²) in [5.74, 6) is 1.84. The molecule has 2 aliphatic rings. The molecule has 3 aromatic heterocycles. The number of imidazole rings is 1. The Balaban J connectivity index is 1.37. The standard InChI is InChI=1S/C30H30N6O/c1-20(34-12-4-6-24(31)19-34)23-15-25-29-28(17-23)37-14-13-35(29)30(33-25)27-16-22-5-2-3-7-26(22)36(27)18-21-8-10-32-11-9-21/h2-3,5,7-11,15-17,24H,1,4,6,12-14,18-19,31H2/t24-/m1/s1. The van der Waals surface area contributed by atoms with Crippen LogP contribution < -0.4 is 10.5 Å². The molecule has 0 bridgehead atoms. The molecule has 0 radical (unpaired) electrons. The lowest BCUT2D eigenvalue weighted by Crippen LogP contribution is -2.41. The number of hydrogen-bond donors (Lipinski definition) is 1. The van der Waals surface area contributed by atoms with Gasteiger partial charge in [-0.25, -0.2) is 4.98 Å². The summed E-state index contributed by atoms with van der Waals surface area (Å²) in [6.45, 7) is 8.37. The first-order chi connectivity index (χ1) is 18.2. The number of aromatic nitrogens is 4. The molecule has 1 saturated heterocycles. The van der Waals surface area contributed by atoms with Crippen molar-refractivity contribution in [1.29, 1.82) is 0 Å². The number of para-hydroxylation sites is 1. The molecule has 5 aromatic rings. The molecule has 2 N–H and O–H groups in total. The number of rotatable bonds is 5. The van der Waals surface area contributed by atoms with Crippen molar-refractivity contribution in [3.05, 3.63) is 84.7 Å². The Morgan fingerprint density at radius 3 is 2.81 bits per heavy atom. The van der Waals surface area contributed by atoms with E-state index < -0.39 is 0 Å². The third-order valence-corrected chi connectivity index (χ3v) is 7.68. The maximum Gasteiger partial charge on any atom is 0.158 e. The number of likely N-dealkylation sites (tertiary alicyclic amines) is 1. The summed E-state index contributed by atoms with van der Waals surface area (Å²) >= 11 is 0. The minimum absolute atomic E-state index is 0.192. The lowest BCUT2D eigenvalue weighted by Gasteiger charge is -2.34. The van der Waals surface area contributed by atoms with Gasteiger partial charge in [-0.05, 0) is 54.8 Å². The van der Waals surface area contributed by atoms with Crippen LogP contribution in [0.25, 0.3) is 39.2 Å². The quantitative estimate of drug-likeness (QED) is 0.380. The smallest absolute Gasteiger partial charge is 0.158 e. The monoisotopic (exact) mass is 490 g/mol. The van der Waals surface area contributed by atoms with E-state index in [-0.39, 0.29) is 6.04 Å². The van der Waals surface area contributed by atoms with Gasteiger partial charge in [-0.1, -0.05) is 24.8 Å². The van der Waals surface area contributed by atoms with E-state index in [0.29, 0.717) is 6.61 Å². The highest BCUT2D eigenvalue weighted by Gasteiger charge is 2.26. The molecular formula is C30H30N6O. The fourth-order valence-electron chi connectivity index (χ4n) is 5.84. The van der Waals surface area contributed by atoms with Crippen molar-refractivity contribution in [1.82, 2.24) is 24.0 Å². The third kappa shape index (κ3) is 3.78. The van der Waals surface area contributed by atoms with Crippen LogP contribution in [0.1, 0.15) is 24.0 Å². The van der Waals surface area contributed by atoms with E-state index in [1.165, 1.54) is 16.5 Å². The van der Waals surface area contributed by atoms with Crippen LogP contribution in [0.5, 0.6) is 5.75 Å². The Kier molecular flexibility index (Phi) is 5.25. The molecule has 0 unspecified atom stereocenters. The number of benzene rings is 2. The van der Waals surface area contributed by atoms with Gasteiger partial charge in [0, 0.05) is 60.2 Å². The summed E-state index contributed by atoms with van der Waals surface area (Å²) in [5.41, 5.74) is 13.8. The zero-order valence-electron chi connectivity index (χ0n) is 20.8. The van der Waals surface area contributed by atoms with Crippen LogP contribution in [0, 0.1) is 0 Å². The minimum Gasteiger partial charge on any atom is -0.489 e. The van der Waals surface area contributed by atoms with Crippen LogP contribution in [-0.4, -0.2) is 49.7 Å². The molecule has 0 aliphatic carbocycles. The predicted octanol–water partition coefficient (Wildman–Crippen LogP) is 4.89. The summed E-state index contributed by atoms with van der Waals surface area (Å²) in [5, 5.41) is 1.20. The summed E-state index contributed by atoms with van der Waals surface area (Å²) in [7, 11) is 0. The van der Waals surface area contributed by atoms with Crippen molar-refractivity contribution in [2.75, 3.05) is 19.7 Å². The van der Waals surface area contributed by atoms with Gasteiger partial charge in [0.15, 0.2) is 5.82 Å². The normalized spacial score (nSPS) is 17.3. The number of fused-ring (bicyclic) bond motifs is 1. The van der Waals surface area contributed by atoms with E-state index in [1.807, 2.05) is 12.4 Å². The minimum atomic E-state index is 0.192. The number of hydrogen-bond acceptors (Lipinski definition) is 5. The number of nitrogens with two attached hydrogens (primary N) is 1. The summed E-state index contributed by atoms with van der Waals surface area (Å²) in [6.07, 6.45) is 5.86. The molecule has 2 aliphatic heterocycles. The van der Waals surface area contributed by atoms with Gasteiger partial charge >= 0.3 is 0 Å². The Labute approximate surface area is 215 Å². The molecule has 1 atom stereocenters. The number of pyridine rings is 1. The highest BCUT2D eigenvalue weighted by atomic mass is 16.5. The van der Waals surface area contributed by atoms with Crippen LogP contribution in [0.4, 0.5) is 0 Å². The van der Waals surface area contributed by atoms with Crippen LogP contribution in [-0.2, 0) is 13.1 Å². The fraction of sp³-hybridized carbons (Fsp3) is 0.267. The SMILES string of the molecule is C=C(c1cc2c3c(c1)nc(-c1cc4ccccc4n1Cc1ccncc1)n3CCO2)N1CCC[C@@H](N)C1. The lowest BCUT2D eigenvalue weighted by atomic mass is 10.0. The van der Waals surface area contributed by atoms with Crippen molar-refractivity contribution >= 4 is 27.6 Å². The fourth-order valence-corrected chi connectivity index (χ4v) is 5.84. The van der Waals surface area contributed by atoms with Gasteiger partial charge in [-0.15, -0.1) is 0 Å². The molecule has 1 fully saturated rings. The second-order valence-corrected chi connectivity index (χ2v) is 10.1. The van der Waals surface area contributed by atoms with Crippen LogP contribution in [0.3, 0.4) is 0 Å². The van der Waals surface area contributed by atoms with Gasteiger partial charge in [-0.3, -0.25) is 4.98 Å². The van der Waals surface area contributed by atoms with Crippen LogP contribution in [0.15, 0.2) is 73.6 Å². The van der Waals surface area contributed by atoms with Crippen molar-refractivity contribution in [3.63, 3.8) is 0 Å². The van der Waals surface area contributed by atoms with Gasteiger partial charge in [0.2, 0.25) is 0 Å². The van der Waals surface area contributed by atoms with Gasteiger partial charge in [0.1, 0.15) is 17.9 Å². The average Bonchev–Trinajstić information content (AvgIpc) is 3.48. The highest BCUT2D eigenvalue weighted by Crippen LogP contribution is 2.38. The molecule has 2 aromatic carbocycles. The summed E-state index contributed by atoms with van der Waals surface area (Å²) < 4.78 is 10.8. The Morgan fingerprint density at radius 1 is 1.08 bits per heavy atom. The van der Waals surface area contributed by atoms with E-state index in [2.05, 4.69) is 80.2 Å². The van der Waals surface area contributed by atoms with Crippen molar-refractivity contribution < 1.29 is 4.74 Å². The molecule has 7 heteroatoms. The second-order valence-electron chi connectivity index (χ2n) is 10.1. The van der Waals surface area contributed by atoms with Gasteiger partial charge in [-0.2, -0.15) is 0 Å². The van der Waals surface area contributed by atoms with E-state index in [9.17, 15) is 0 Å². The maximum atomic E-state index is 6.26. The first kappa shape index (κ1) is 22.1.